The Morgan fingerprint density at radius 1 is 1.40 bits per heavy atom. The van der Waals surface area contributed by atoms with Crippen molar-refractivity contribution in [2.24, 2.45) is 0 Å². The van der Waals surface area contributed by atoms with Crippen LogP contribution in [0.15, 0.2) is 35.9 Å². The Labute approximate surface area is 91.0 Å². The summed E-state index contributed by atoms with van der Waals surface area (Å²) in [6, 6.07) is 7.12. The van der Waals surface area contributed by atoms with Gasteiger partial charge in [0.1, 0.15) is 5.82 Å². The molecule has 0 aromatic heterocycles. The van der Waals surface area contributed by atoms with Crippen molar-refractivity contribution in [3.63, 3.8) is 0 Å². The molecule has 15 heavy (non-hydrogen) atoms. The monoisotopic (exact) mass is 207 g/mol. The number of benzene rings is 1. The van der Waals surface area contributed by atoms with Gasteiger partial charge in [-0.2, -0.15) is 0 Å². The van der Waals surface area contributed by atoms with Crippen LogP contribution in [0.4, 0.5) is 4.39 Å². The van der Waals surface area contributed by atoms with Crippen LogP contribution < -0.4 is 5.32 Å². The Morgan fingerprint density at radius 3 is 2.60 bits per heavy atom. The molecule has 0 radical (unpaired) electrons. The van der Waals surface area contributed by atoms with Crippen LogP contribution in [0.5, 0.6) is 0 Å². The first-order valence-corrected chi connectivity index (χ1v) is 5.19. The van der Waals surface area contributed by atoms with Crippen molar-refractivity contribution in [2.75, 3.05) is 7.05 Å². The smallest absolute Gasteiger partial charge is 0.126 e. The highest BCUT2D eigenvalue weighted by atomic mass is 19.1. The van der Waals surface area contributed by atoms with E-state index in [9.17, 15) is 4.39 Å². The molecule has 0 amide bonds. The Bertz CT molecular complexity index is 340. The van der Waals surface area contributed by atoms with E-state index in [1.165, 1.54) is 11.6 Å². The molecule has 0 saturated heterocycles. The molecule has 1 atom stereocenters. The summed E-state index contributed by atoms with van der Waals surface area (Å²) in [5.41, 5.74) is 2.00. The van der Waals surface area contributed by atoms with Crippen molar-refractivity contribution in [3.05, 3.63) is 47.3 Å². The molecule has 0 saturated carbocycles. The fourth-order valence-corrected chi connectivity index (χ4v) is 1.55. The summed E-state index contributed by atoms with van der Waals surface area (Å²) in [4.78, 5) is 0. The zero-order valence-corrected chi connectivity index (χ0v) is 9.55. The maximum atomic E-state index is 13.4. The number of hydrogen-bond donors (Lipinski definition) is 1. The van der Waals surface area contributed by atoms with Crippen molar-refractivity contribution in [1.29, 1.82) is 0 Å². The predicted molar refractivity (Wildman–Crippen MR) is 62.4 cm³/mol. The molecule has 1 unspecified atom stereocenters. The molecule has 1 aromatic carbocycles. The van der Waals surface area contributed by atoms with E-state index < -0.39 is 0 Å². The minimum absolute atomic E-state index is 0.125. The number of rotatable bonds is 4. The molecule has 0 spiro atoms. The number of likely N-dealkylation sites (N-methyl/N-ethyl adjacent to an activating group) is 1. The number of nitrogens with one attached hydrogen (secondary N) is 1. The zero-order chi connectivity index (χ0) is 11.3. The van der Waals surface area contributed by atoms with Crippen LogP contribution in [0.1, 0.15) is 19.4 Å². The lowest BCUT2D eigenvalue weighted by atomic mass is 10.0. The molecule has 2 heteroatoms. The second kappa shape index (κ2) is 5.66. The first-order chi connectivity index (χ1) is 7.13. The Balaban J connectivity index is 2.75. The van der Waals surface area contributed by atoms with E-state index in [0.717, 1.165) is 5.56 Å². The predicted octanol–water partition coefficient (Wildman–Crippen LogP) is 2.92. The van der Waals surface area contributed by atoms with Gasteiger partial charge in [0.25, 0.3) is 0 Å². The minimum atomic E-state index is -0.125. The van der Waals surface area contributed by atoms with Gasteiger partial charge in [-0.05, 0) is 38.9 Å². The van der Waals surface area contributed by atoms with Gasteiger partial charge in [-0.1, -0.05) is 29.8 Å². The summed E-state index contributed by atoms with van der Waals surface area (Å²) >= 11 is 0. The topological polar surface area (TPSA) is 12.0 Å². The van der Waals surface area contributed by atoms with Crippen molar-refractivity contribution in [2.45, 2.75) is 26.3 Å². The highest BCUT2D eigenvalue weighted by Crippen LogP contribution is 2.10. The molecule has 1 N–H and O–H groups in total. The van der Waals surface area contributed by atoms with E-state index in [-0.39, 0.29) is 11.9 Å². The SMILES string of the molecule is CNC(C=C(C)C)Cc1ccccc1F. The molecule has 1 rings (SSSR count). The first kappa shape index (κ1) is 11.9. The maximum Gasteiger partial charge on any atom is 0.126 e. The minimum Gasteiger partial charge on any atom is -0.313 e. The maximum absolute atomic E-state index is 13.4. The Hall–Kier alpha value is -1.15. The molecule has 0 aliphatic rings. The average molecular weight is 207 g/mol. The summed E-state index contributed by atoms with van der Waals surface area (Å²) in [6.45, 7) is 4.09. The van der Waals surface area contributed by atoms with E-state index >= 15 is 0 Å². The molecule has 1 nitrogen and oxygen atoms in total. The third-order valence-corrected chi connectivity index (χ3v) is 2.30. The van der Waals surface area contributed by atoms with Gasteiger partial charge < -0.3 is 5.32 Å². The zero-order valence-electron chi connectivity index (χ0n) is 9.55. The van der Waals surface area contributed by atoms with E-state index in [0.29, 0.717) is 6.42 Å². The molecule has 0 aliphatic heterocycles. The molecular weight excluding hydrogens is 189 g/mol. The summed E-state index contributed by atoms with van der Waals surface area (Å²) in [5.74, 6) is -0.125. The van der Waals surface area contributed by atoms with Crippen LogP contribution in [-0.4, -0.2) is 13.1 Å². The second-order valence-corrected chi connectivity index (χ2v) is 3.93. The summed E-state index contributed by atoms with van der Waals surface area (Å²) in [6.07, 6.45) is 2.81. The first-order valence-electron chi connectivity index (χ1n) is 5.19. The van der Waals surface area contributed by atoms with E-state index in [2.05, 4.69) is 11.4 Å². The lowest BCUT2D eigenvalue weighted by Crippen LogP contribution is -2.25. The van der Waals surface area contributed by atoms with Gasteiger partial charge in [0.05, 0.1) is 0 Å². The Kier molecular flexibility index (Phi) is 4.50. The number of allylic oxidation sites excluding steroid dienone is 1. The normalized spacial score (nSPS) is 12.3. The number of hydrogen-bond acceptors (Lipinski definition) is 1. The van der Waals surface area contributed by atoms with Gasteiger partial charge in [-0.25, -0.2) is 4.39 Å². The van der Waals surface area contributed by atoms with Gasteiger partial charge in [0.2, 0.25) is 0 Å². The molecule has 0 heterocycles. The molecule has 0 bridgehead atoms. The van der Waals surface area contributed by atoms with Crippen molar-refractivity contribution in [1.82, 2.24) is 5.32 Å². The van der Waals surface area contributed by atoms with Crippen molar-refractivity contribution >= 4 is 0 Å². The summed E-state index contributed by atoms with van der Waals surface area (Å²) in [5, 5.41) is 3.17. The van der Waals surface area contributed by atoms with Gasteiger partial charge in [0.15, 0.2) is 0 Å². The van der Waals surface area contributed by atoms with Crippen molar-refractivity contribution in [3.8, 4) is 0 Å². The lowest BCUT2D eigenvalue weighted by molar-refractivity contribution is 0.585. The van der Waals surface area contributed by atoms with Gasteiger partial charge in [-0.3, -0.25) is 0 Å². The molecular formula is C13H18FN. The van der Waals surface area contributed by atoms with Gasteiger partial charge in [-0.15, -0.1) is 0 Å². The molecule has 0 fully saturated rings. The fourth-order valence-electron chi connectivity index (χ4n) is 1.55. The van der Waals surface area contributed by atoms with Crippen LogP contribution >= 0.6 is 0 Å². The largest absolute Gasteiger partial charge is 0.313 e. The molecule has 1 aromatic rings. The van der Waals surface area contributed by atoms with Crippen LogP contribution in [0.2, 0.25) is 0 Å². The Morgan fingerprint density at radius 2 is 2.07 bits per heavy atom. The third-order valence-electron chi connectivity index (χ3n) is 2.30. The standard InChI is InChI=1S/C13H18FN/c1-10(2)8-12(15-3)9-11-6-4-5-7-13(11)14/h4-8,12,15H,9H2,1-3H3. The van der Waals surface area contributed by atoms with Gasteiger partial charge in [0, 0.05) is 6.04 Å². The second-order valence-electron chi connectivity index (χ2n) is 3.93. The third kappa shape index (κ3) is 3.84. The summed E-state index contributed by atoms with van der Waals surface area (Å²) < 4.78 is 13.4. The quantitative estimate of drug-likeness (QED) is 0.748. The molecule has 0 aliphatic carbocycles. The van der Waals surface area contributed by atoms with Crippen LogP contribution in [0.3, 0.4) is 0 Å². The van der Waals surface area contributed by atoms with Crippen molar-refractivity contribution < 1.29 is 4.39 Å². The number of halogens is 1. The van der Waals surface area contributed by atoms with E-state index in [1.807, 2.05) is 33.0 Å². The average Bonchev–Trinajstić information content (AvgIpc) is 2.19. The van der Waals surface area contributed by atoms with Crippen LogP contribution in [0.25, 0.3) is 0 Å². The fraction of sp³-hybridized carbons (Fsp3) is 0.385. The van der Waals surface area contributed by atoms with E-state index in [4.69, 9.17) is 0 Å². The van der Waals surface area contributed by atoms with Crippen LogP contribution in [-0.2, 0) is 6.42 Å². The summed E-state index contributed by atoms with van der Waals surface area (Å²) in [7, 11) is 1.89. The van der Waals surface area contributed by atoms with Gasteiger partial charge >= 0.3 is 0 Å². The lowest BCUT2D eigenvalue weighted by Gasteiger charge is -2.13. The molecule has 82 valence electrons. The highest BCUT2D eigenvalue weighted by Gasteiger charge is 2.07. The van der Waals surface area contributed by atoms with Crippen LogP contribution in [0, 0.1) is 5.82 Å². The van der Waals surface area contributed by atoms with E-state index in [1.54, 1.807) is 6.07 Å². The highest BCUT2D eigenvalue weighted by molar-refractivity contribution is 5.20.